The highest BCUT2D eigenvalue weighted by atomic mass is 19.1. The van der Waals surface area contributed by atoms with Crippen molar-refractivity contribution in [2.24, 2.45) is 0 Å². The van der Waals surface area contributed by atoms with E-state index in [0.29, 0.717) is 11.3 Å². The van der Waals surface area contributed by atoms with Gasteiger partial charge in [-0.15, -0.1) is 0 Å². The maximum absolute atomic E-state index is 13.0. The molecule has 2 aromatic heterocycles. The van der Waals surface area contributed by atoms with Crippen LogP contribution in [0.5, 0.6) is 0 Å². The molecule has 0 N–H and O–H groups in total. The third-order valence-corrected chi connectivity index (χ3v) is 1.47. The first kappa shape index (κ1) is 6.97. The normalized spacial score (nSPS) is 10.1. The monoisotopic (exact) mass is 164 g/mol. The van der Waals surface area contributed by atoms with E-state index in [4.69, 9.17) is 0 Å². The largest absolute Gasteiger partial charge is 0.364 e. The van der Waals surface area contributed by atoms with Crippen LogP contribution in [0.3, 0.4) is 0 Å². The van der Waals surface area contributed by atoms with E-state index in [1.807, 2.05) is 0 Å². The molecule has 12 heavy (non-hydrogen) atoms. The standard InChI is InChI=1S/C8H5FN2O/c9-8-6(2-1-4-10-8)7-3-5-12-11-7/h1-5H. The Morgan fingerprint density at radius 2 is 2.25 bits per heavy atom. The molecule has 0 atom stereocenters. The Kier molecular flexibility index (Phi) is 1.59. The predicted octanol–water partition coefficient (Wildman–Crippen LogP) is 1.88. The fourth-order valence-electron chi connectivity index (χ4n) is 0.929. The molecule has 0 saturated carbocycles. The fraction of sp³-hybridized carbons (Fsp3) is 0. The van der Waals surface area contributed by atoms with Crippen molar-refractivity contribution in [3.8, 4) is 11.3 Å². The van der Waals surface area contributed by atoms with Crippen LogP contribution in [0.4, 0.5) is 4.39 Å². The van der Waals surface area contributed by atoms with Crippen LogP contribution in [0.2, 0.25) is 0 Å². The highest BCUT2D eigenvalue weighted by Crippen LogP contribution is 2.17. The fourth-order valence-corrected chi connectivity index (χ4v) is 0.929. The third-order valence-electron chi connectivity index (χ3n) is 1.47. The maximum atomic E-state index is 13.0. The van der Waals surface area contributed by atoms with Gasteiger partial charge in [0.1, 0.15) is 12.0 Å². The number of hydrogen-bond donors (Lipinski definition) is 0. The average molecular weight is 164 g/mol. The van der Waals surface area contributed by atoms with Gasteiger partial charge in [0.05, 0.1) is 5.56 Å². The Bertz CT molecular complexity index is 372. The summed E-state index contributed by atoms with van der Waals surface area (Å²) >= 11 is 0. The Morgan fingerprint density at radius 1 is 1.33 bits per heavy atom. The molecule has 0 saturated heterocycles. The van der Waals surface area contributed by atoms with E-state index in [-0.39, 0.29) is 0 Å². The van der Waals surface area contributed by atoms with Crippen LogP contribution in [0.25, 0.3) is 11.3 Å². The van der Waals surface area contributed by atoms with E-state index in [0.717, 1.165) is 0 Å². The van der Waals surface area contributed by atoms with Crippen molar-refractivity contribution < 1.29 is 8.91 Å². The number of halogens is 1. The zero-order valence-electron chi connectivity index (χ0n) is 6.07. The molecule has 0 unspecified atom stereocenters. The highest BCUT2D eigenvalue weighted by molar-refractivity contribution is 5.56. The van der Waals surface area contributed by atoms with Gasteiger partial charge in [0.25, 0.3) is 0 Å². The summed E-state index contributed by atoms with van der Waals surface area (Å²) in [6, 6.07) is 4.83. The molecule has 0 spiro atoms. The lowest BCUT2D eigenvalue weighted by Gasteiger charge is -1.94. The van der Waals surface area contributed by atoms with E-state index >= 15 is 0 Å². The second kappa shape index (κ2) is 2.73. The Labute approximate surface area is 67.8 Å². The van der Waals surface area contributed by atoms with Gasteiger partial charge < -0.3 is 4.52 Å². The second-order valence-corrected chi connectivity index (χ2v) is 2.23. The maximum Gasteiger partial charge on any atom is 0.222 e. The van der Waals surface area contributed by atoms with Crippen molar-refractivity contribution in [3.05, 3.63) is 36.6 Å². The molecule has 0 aliphatic heterocycles. The van der Waals surface area contributed by atoms with Crippen molar-refractivity contribution in [1.29, 1.82) is 0 Å². The summed E-state index contributed by atoms with van der Waals surface area (Å²) in [5, 5.41) is 3.59. The van der Waals surface area contributed by atoms with Crippen molar-refractivity contribution in [3.63, 3.8) is 0 Å². The van der Waals surface area contributed by atoms with Gasteiger partial charge in [-0.25, -0.2) is 4.98 Å². The van der Waals surface area contributed by atoms with Crippen LogP contribution in [-0.4, -0.2) is 10.1 Å². The minimum absolute atomic E-state index is 0.353. The molecule has 0 amide bonds. The lowest BCUT2D eigenvalue weighted by Crippen LogP contribution is -1.86. The van der Waals surface area contributed by atoms with Gasteiger partial charge in [-0.3, -0.25) is 0 Å². The summed E-state index contributed by atoms with van der Waals surface area (Å²) < 4.78 is 17.5. The Hall–Kier alpha value is -1.71. The van der Waals surface area contributed by atoms with Crippen LogP contribution in [-0.2, 0) is 0 Å². The van der Waals surface area contributed by atoms with Crippen molar-refractivity contribution >= 4 is 0 Å². The minimum Gasteiger partial charge on any atom is -0.364 e. The molecular formula is C8H5FN2O. The number of pyridine rings is 1. The van der Waals surface area contributed by atoms with E-state index in [9.17, 15) is 4.39 Å². The summed E-state index contributed by atoms with van der Waals surface area (Å²) in [5.74, 6) is -0.536. The van der Waals surface area contributed by atoms with E-state index in [2.05, 4.69) is 14.7 Å². The molecule has 3 nitrogen and oxygen atoms in total. The van der Waals surface area contributed by atoms with Crippen molar-refractivity contribution in [2.45, 2.75) is 0 Å². The zero-order chi connectivity index (χ0) is 8.39. The third kappa shape index (κ3) is 1.07. The lowest BCUT2D eigenvalue weighted by atomic mass is 10.2. The lowest BCUT2D eigenvalue weighted by molar-refractivity contribution is 0.421. The number of aromatic nitrogens is 2. The quantitative estimate of drug-likeness (QED) is 0.604. The van der Waals surface area contributed by atoms with Crippen LogP contribution in [0.15, 0.2) is 35.2 Å². The van der Waals surface area contributed by atoms with Crippen LogP contribution in [0, 0.1) is 5.95 Å². The number of hydrogen-bond acceptors (Lipinski definition) is 3. The molecule has 0 bridgehead atoms. The summed E-state index contributed by atoms with van der Waals surface area (Å²) in [6.07, 6.45) is 2.78. The van der Waals surface area contributed by atoms with Crippen LogP contribution >= 0.6 is 0 Å². The first-order chi connectivity index (χ1) is 5.88. The molecule has 0 aliphatic carbocycles. The second-order valence-electron chi connectivity index (χ2n) is 2.23. The van der Waals surface area contributed by atoms with Gasteiger partial charge in [-0.05, 0) is 12.1 Å². The van der Waals surface area contributed by atoms with Gasteiger partial charge in [-0.2, -0.15) is 4.39 Å². The van der Waals surface area contributed by atoms with Gasteiger partial charge in [-0.1, -0.05) is 5.16 Å². The van der Waals surface area contributed by atoms with E-state index < -0.39 is 5.95 Å². The minimum atomic E-state index is -0.536. The Balaban J connectivity index is 2.55. The Morgan fingerprint density at radius 3 is 2.92 bits per heavy atom. The zero-order valence-corrected chi connectivity index (χ0v) is 6.07. The first-order valence-corrected chi connectivity index (χ1v) is 3.39. The summed E-state index contributed by atoms with van der Waals surface area (Å²) in [5.41, 5.74) is 0.812. The average Bonchev–Trinajstić information content (AvgIpc) is 2.57. The van der Waals surface area contributed by atoms with E-state index in [1.165, 1.54) is 12.5 Å². The molecule has 60 valence electrons. The predicted molar refractivity (Wildman–Crippen MR) is 39.7 cm³/mol. The molecule has 2 aromatic rings. The van der Waals surface area contributed by atoms with E-state index in [1.54, 1.807) is 18.2 Å². The molecule has 0 radical (unpaired) electrons. The van der Waals surface area contributed by atoms with Crippen LogP contribution in [0.1, 0.15) is 0 Å². The van der Waals surface area contributed by atoms with Gasteiger partial charge in [0.2, 0.25) is 5.95 Å². The van der Waals surface area contributed by atoms with Gasteiger partial charge >= 0.3 is 0 Å². The molecule has 0 fully saturated rings. The molecule has 2 heterocycles. The molecule has 0 aromatic carbocycles. The number of rotatable bonds is 1. The summed E-state index contributed by atoms with van der Waals surface area (Å²) in [7, 11) is 0. The molecule has 4 heteroatoms. The topological polar surface area (TPSA) is 38.9 Å². The summed E-state index contributed by atoms with van der Waals surface area (Å²) in [6.45, 7) is 0. The smallest absolute Gasteiger partial charge is 0.222 e. The number of nitrogens with zero attached hydrogens (tertiary/aromatic N) is 2. The highest BCUT2D eigenvalue weighted by Gasteiger charge is 2.06. The molecular weight excluding hydrogens is 159 g/mol. The first-order valence-electron chi connectivity index (χ1n) is 3.39. The molecule has 2 rings (SSSR count). The van der Waals surface area contributed by atoms with Crippen molar-refractivity contribution in [1.82, 2.24) is 10.1 Å². The van der Waals surface area contributed by atoms with Crippen molar-refractivity contribution in [2.75, 3.05) is 0 Å². The van der Waals surface area contributed by atoms with Gasteiger partial charge in [0, 0.05) is 12.3 Å². The molecule has 0 aliphatic rings. The van der Waals surface area contributed by atoms with Gasteiger partial charge in [0.15, 0.2) is 0 Å². The SMILES string of the molecule is Fc1ncccc1-c1ccon1. The van der Waals surface area contributed by atoms with Crippen LogP contribution < -0.4 is 0 Å². The summed E-state index contributed by atoms with van der Waals surface area (Å²) in [4.78, 5) is 3.49.